The lowest BCUT2D eigenvalue weighted by molar-refractivity contribution is 0.544. The van der Waals surface area contributed by atoms with E-state index in [4.69, 9.17) is 0 Å². The summed E-state index contributed by atoms with van der Waals surface area (Å²) in [7, 11) is 0. The Morgan fingerprint density at radius 1 is 0.833 bits per heavy atom. The van der Waals surface area contributed by atoms with Crippen molar-refractivity contribution in [1.29, 1.82) is 0 Å². The van der Waals surface area contributed by atoms with E-state index in [9.17, 15) is 0 Å². The summed E-state index contributed by atoms with van der Waals surface area (Å²) >= 11 is 0. The Balaban J connectivity index is -0.0000000453. The molecule has 0 atom stereocenters. The lowest BCUT2D eigenvalue weighted by Gasteiger charge is -1.98. The van der Waals surface area contributed by atoms with Crippen LogP contribution >= 0.6 is 0 Å². The van der Waals surface area contributed by atoms with Gasteiger partial charge in [0, 0.05) is 0 Å². The Bertz CT molecular complexity index is 27.0. The van der Waals surface area contributed by atoms with Crippen molar-refractivity contribution in [3.63, 3.8) is 0 Å². The zero-order valence-corrected chi connectivity index (χ0v) is 10.4. The molecule has 12 heavy (non-hydrogen) atoms. The average Bonchev–Trinajstić information content (AvgIpc) is 2.25. The first-order valence-electron chi connectivity index (χ1n) is 5.31. The molecule has 0 amide bonds. The molecule has 0 bridgehead atoms. The zero-order chi connectivity index (χ0) is 11.0. The first-order chi connectivity index (χ1) is 5.81. The van der Waals surface area contributed by atoms with Crippen molar-refractivity contribution < 1.29 is 0 Å². The van der Waals surface area contributed by atoms with Crippen molar-refractivity contribution >= 4 is 0 Å². The van der Waals surface area contributed by atoms with Crippen molar-refractivity contribution in [3.8, 4) is 0 Å². The van der Waals surface area contributed by atoms with Gasteiger partial charge < -0.3 is 0 Å². The Kier molecular flexibility index (Phi) is 85.4. The molecule has 78 valence electrons. The molecule has 0 aromatic rings. The average molecular weight is 174 g/mol. The van der Waals surface area contributed by atoms with Crippen LogP contribution in [0.5, 0.6) is 0 Å². The summed E-state index contributed by atoms with van der Waals surface area (Å²) in [6.07, 6.45) is 2.66. The van der Waals surface area contributed by atoms with Crippen molar-refractivity contribution in [3.05, 3.63) is 13.2 Å². The van der Waals surface area contributed by atoms with Gasteiger partial charge in [-0.15, -0.1) is 13.2 Å². The third kappa shape index (κ3) is 53.2. The van der Waals surface area contributed by atoms with E-state index < -0.39 is 0 Å². The molecule has 0 unspecified atom stereocenters. The van der Waals surface area contributed by atoms with Gasteiger partial charge in [0.2, 0.25) is 0 Å². The van der Waals surface area contributed by atoms with Gasteiger partial charge in [0.25, 0.3) is 0 Å². The third-order valence-electron chi connectivity index (χ3n) is 1.39. The van der Waals surface area contributed by atoms with Gasteiger partial charge in [-0.1, -0.05) is 61.3 Å². The minimum Gasteiger partial charge on any atom is -0.106 e. The van der Waals surface area contributed by atoms with Gasteiger partial charge in [-0.05, 0) is 5.92 Å². The molecule has 0 fully saturated rings. The van der Waals surface area contributed by atoms with Gasteiger partial charge in [-0.3, -0.25) is 0 Å². The molecule has 0 aliphatic heterocycles. The Morgan fingerprint density at radius 3 is 1.00 bits per heavy atom. The van der Waals surface area contributed by atoms with E-state index in [1.807, 2.05) is 27.7 Å². The monoisotopic (exact) mass is 174 g/mol. The van der Waals surface area contributed by atoms with E-state index in [0.29, 0.717) is 0 Å². The van der Waals surface area contributed by atoms with Crippen LogP contribution < -0.4 is 0 Å². The molecule has 0 heterocycles. The Morgan fingerprint density at radius 2 is 1.00 bits per heavy atom. The summed E-state index contributed by atoms with van der Waals surface area (Å²) in [4.78, 5) is 0. The van der Waals surface area contributed by atoms with Crippen LogP contribution in [-0.2, 0) is 0 Å². The molecule has 0 saturated carbocycles. The predicted octanol–water partition coefficient (Wildman–Crippen LogP) is 5.30. The summed E-state index contributed by atoms with van der Waals surface area (Å²) in [5.74, 6) is 0.935. The smallest absolute Gasteiger partial charge is 0.0448 e. The van der Waals surface area contributed by atoms with E-state index in [1.54, 1.807) is 0 Å². The summed E-state index contributed by atoms with van der Waals surface area (Å²) in [6, 6.07) is 0. The fourth-order valence-corrected chi connectivity index (χ4v) is 0.289. The zero-order valence-electron chi connectivity index (χ0n) is 10.4. The van der Waals surface area contributed by atoms with E-state index in [1.165, 1.54) is 12.8 Å². The number of rotatable bonds is 2. The Hall–Kier alpha value is -0.260. The van der Waals surface area contributed by atoms with Crippen LogP contribution in [0.2, 0.25) is 0 Å². The second kappa shape index (κ2) is 45.3. The second-order valence-electron chi connectivity index (χ2n) is 1.92. The molecule has 0 spiro atoms. The molecule has 0 nitrogen and oxygen atoms in total. The maximum atomic E-state index is 3.00. The first kappa shape index (κ1) is 22.6. The van der Waals surface area contributed by atoms with Gasteiger partial charge in [-0.25, -0.2) is 0 Å². The fourth-order valence-electron chi connectivity index (χ4n) is 0.289. The van der Waals surface area contributed by atoms with Crippen molar-refractivity contribution in [2.24, 2.45) is 5.92 Å². The third-order valence-corrected chi connectivity index (χ3v) is 1.39. The standard InChI is InChI=1S/C6H14.2C2H6.C2H4/c1-4-6(3)5-2;3*1-2/h6H,4-5H2,1-3H3;2*1-2H3;1-2H2. The summed E-state index contributed by atoms with van der Waals surface area (Å²) in [5, 5.41) is 0. The van der Waals surface area contributed by atoms with Crippen LogP contribution in [0.3, 0.4) is 0 Å². The van der Waals surface area contributed by atoms with Gasteiger partial charge >= 0.3 is 0 Å². The largest absolute Gasteiger partial charge is 0.106 e. The van der Waals surface area contributed by atoms with Crippen LogP contribution in [0.1, 0.15) is 61.3 Å². The molecule has 0 aliphatic rings. The van der Waals surface area contributed by atoms with Crippen LogP contribution in [0, 0.1) is 5.92 Å². The first-order valence-corrected chi connectivity index (χ1v) is 5.31. The normalized spacial score (nSPS) is 6.33. The summed E-state index contributed by atoms with van der Waals surface area (Å²) in [5.41, 5.74) is 0. The highest BCUT2D eigenvalue weighted by atomic mass is 13.9. The highest BCUT2D eigenvalue weighted by molar-refractivity contribution is 4.41. The van der Waals surface area contributed by atoms with Crippen LogP contribution in [0.25, 0.3) is 0 Å². The van der Waals surface area contributed by atoms with E-state index in [0.717, 1.165) is 5.92 Å². The van der Waals surface area contributed by atoms with Gasteiger partial charge in [0.05, 0.1) is 0 Å². The number of hydrogen-bond acceptors (Lipinski definition) is 0. The van der Waals surface area contributed by atoms with Gasteiger partial charge in [0.1, 0.15) is 0 Å². The molecule has 0 heteroatoms. The SMILES string of the molecule is C=C.CC.CC.CCC(C)CC. The topological polar surface area (TPSA) is 0 Å². The highest BCUT2D eigenvalue weighted by Gasteiger charge is 1.88. The lowest BCUT2D eigenvalue weighted by atomic mass is 10.1. The molecule has 0 rings (SSSR count). The lowest BCUT2D eigenvalue weighted by Crippen LogP contribution is -1.85. The molecule has 0 aromatic carbocycles. The quantitative estimate of drug-likeness (QED) is 0.498. The number of hydrogen-bond donors (Lipinski definition) is 0. The minimum absolute atomic E-state index is 0.935. The molecule has 0 N–H and O–H groups in total. The fraction of sp³-hybridized carbons (Fsp3) is 0.833. The van der Waals surface area contributed by atoms with Crippen molar-refractivity contribution in [1.82, 2.24) is 0 Å². The van der Waals surface area contributed by atoms with Gasteiger partial charge in [-0.2, -0.15) is 0 Å². The van der Waals surface area contributed by atoms with E-state index >= 15 is 0 Å². The van der Waals surface area contributed by atoms with Crippen LogP contribution in [-0.4, -0.2) is 0 Å². The Labute approximate surface area is 81.1 Å². The summed E-state index contributed by atoms with van der Waals surface area (Å²) < 4.78 is 0. The maximum Gasteiger partial charge on any atom is -0.0448 e. The molecular weight excluding hydrogens is 144 g/mol. The highest BCUT2D eigenvalue weighted by Crippen LogP contribution is 2.02. The second-order valence-corrected chi connectivity index (χ2v) is 1.92. The van der Waals surface area contributed by atoms with Crippen molar-refractivity contribution in [2.75, 3.05) is 0 Å². The summed E-state index contributed by atoms with van der Waals surface area (Å²) in [6.45, 7) is 20.7. The van der Waals surface area contributed by atoms with Crippen molar-refractivity contribution in [2.45, 2.75) is 61.3 Å². The van der Waals surface area contributed by atoms with Gasteiger partial charge in [0.15, 0.2) is 0 Å². The molecule has 0 aromatic heterocycles. The molecule has 0 saturated heterocycles. The van der Waals surface area contributed by atoms with E-state index in [2.05, 4.69) is 33.9 Å². The van der Waals surface area contributed by atoms with Crippen LogP contribution in [0.4, 0.5) is 0 Å². The molecular formula is C12H30. The molecule has 0 aliphatic carbocycles. The van der Waals surface area contributed by atoms with E-state index in [-0.39, 0.29) is 0 Å². The predicted molar refractivity (Wildman–Crippen MR) is 63.7 cm³/mol. The minimum atomic E-state index is 0.935. The molecule has 0 radical (unpaired) electrons. The maximum absolute atomic E-state index is 3.00. The van der Waals surface area contributed by atoms with Crippen LogP contribution in [0.15, 0.2) is 13.2 Å².